The molecule has 2 rings (SSSR count). The third-order valence-electron chi connectivity index (χ3n) is 3.28. The molecule has 1 aromatic carbocycles. The lowest BCUT2D eigenvalue weighted by Gasteiger charge is -2.31. The molecule has 0 saturated carbocycles. The summed E-state index contributed by atoms with van der Waals surface area (Å²) >= 11 is 1.70. The molecule has 2 nitrogen and oxygen atoms in total. The van der Waals surface area contributed by atoms with Crippen LogP contribution in [0, 0.1) is 5.82 Å². The van der Waals surface area contributed by atoms with Crippen LogP contribution in [0.15, 0.2) is 35.7 Å². The van der Waals surface area contributed by atoms with Gasteiger partial charge in [0.25, 0.3) is 0 Å². The fourth-order valence-corrected chi connectivity index (χ4v) is 2.94. The van der Waals surface area contributed by atoms with E-state index in [1.165, 1.54) is 17.0 Å². The monoisotopic (exact) mass is 293 g/mol. The Bertz CT molecular complexity index is 552. The molecule has 0 aliphatic rings. The van der Waals surface area contributed by atoms with Crippen LogP contribution in [0.25, 0.3) is 0 Å². The Morgan fingerprint density at radius 1 is 1.25 bits per heavy atom. The molecule has 0 aliphatic carbocycles. The summed E-state index contributed by atoms with van der Waals surface area (Å²) in [5, 5.41) is 11.9. The zero-order chi connectivity index (χ0) is 14.7. The molecule has 4 heteroatoms. The van der Waals surface area contributed by atoms with Crippen LogP contribution in [0.3, 0.4) is 0 Å². The summed E-state index contributed by atoms with van der Waals surface area (Å²) < 4.78 is 13.4. The quantitative estimate of drug-likeness (QED) is 0.885. The summed E-state index contributed by atoms with van der Waals surface area (Å²) in [5.74, 6) is -0.315. The van der Waals surface area contributed by atoms with Crippen LogP contribution in [0.5, 0.6) is 0 Å². The molecular formula is C16H20FNOS. The Balaban J connectivity index is 2.38. The highest BCUT2D eigenvalue weighted by molar-refractivity contribution is 7.09. The van der Waals surface area contributed by atoms with E-state index in [0.717, 1.165) is 12.2 Å². The molecule has 0 aliphatic heterocycles. The highest BCUT2D eigenvalue weighted by Crippen LogP contribution is 2.30. The van der Waals surface area contributed by atoms with Crippen molar-refractivity contribution in [2.24, 2.45) is 0 Å². The SMILES string of the molecule is CC(C)N(Cc1cccs1)c1ccc(F)cc1[C@H](C)O. The summed E-state index contributed by atoms with van der Waals surface area (Å²) in [7, 11) is 0. The van der Waals surface area contributed by atoms with Crippen molar-refractivity contribution in [3.63, 3.8) is 0 Å². The molecule has 1 heterocycles. The number of rotatable bonds is 5. The van der Waals surface area contributed by atoms with E-state index < -0.39 is 6.10 Å². The van der Waals surface area contributed by atoms with Crippen LogP contribution in [-0.2, 0) is 6.54 Å². The van der Waals surface area contributed by atoms with E-state index in [1.807, 2.05) is 11.4 Å². The molecule has 0 saturated heterocycles. The van der Waals surface area contributed by atoms with E-state index in [4.69, 9.17) is 0 Å². The third kappa shape index (κ3) is 3.38. The number of hydrogen-bond acceptors (Lipinski definition) is 3. The summed E-state index contributed by atoms with van der Waals surface area (Å²) in [4.78, 5) is 3.44. The first kappa shape index (κ1) is 15.0. The maximum Gasteiger partial charge on any atom is 0.123 e. The van der Waals surface area contributed by atoms with Gasteiger partial charge in [0.2, 0.25) is 0 Å². The summed E-state index contributed by atoms with van der Waals surface area (Å²) in [6, 6.07) is 9.00. The van der Waals surface area contributed by atoms with Crippen LogP contribution < -0.4 is 4.90 Å². The van der Waals surface area contributed by atoms with Crippen LogP contribution in [0.1, 0.15) is 37.3 Å². The molecule has 1 N–H and O–H groups in total. The minimum atomic E-state index is -0.690. The van der Waals surface area contributed by atoms with Crippen LogP contribution in [-0.4, -0.2) is 11.1 Å². The van der Waals surface area contributed by atoms with E-state index in [1.54, 1.807) is 24.3 Å². The minimum Gasteiger partial charge on any atom is -0.389 e. The molecule has 108 valence electrons. The van der Waals surface area contributed by atoms with E-state index in [0.29, 0.717) is 5.56 Å². The van der Waals surface area contributed by atoms with Crippen molar-refractivity contribution in [2.45, 2.75) is 39.5 Å². The molecule has 0 spiro atoms. The Labute approximate surface area is 123 Å². The van der Waals surface area contributed by atoms with E-state index >= 15 is 0 Å². The summed E-state index contributed by atoms with van der Waals surface area (Å²) in [6.45, 7) is 6.63. The molecular weight excluding hydrogens is 273 g/mol. The number of anilines is 1. The van der Waals surface area contributed by atoms with Crippen LogP contribution >= 0.6 is 11.3 Å². The Kier molecular flexibility index (Phi) is 4.78. The topological polar surface area (TPSA) is 23.5 Å². The number of benzene rings is 1. The van der Waals surface area contributed by atoms with Gasteiger partial charge < -0.3 is 10.0 Å². The maximum absolute atomic E-state index is 13.4. The Morgan fingerprint density at radius 2 is 2.00 bits per heavy atom. The average molecular weight is 293 g/mol. The average Bonchev–Trinajstić information content (AvgIpc) is 2.89. The predicted molar refractivity (Wildman–Crippen MR) is 82.7 cm³/mol. The van der Waals surface area contributed by atoms with Gasteiger partial charge in [-0.25, -0.2) is 4.39 Å². The van der Waals surface area contributed by atoms with Crippen molar-refractivity contribution in [1.82, 2.24) is 0 Å². The molecule has 1 atom stereocenters. The van der Waals surface area contributed by atoms with Crippen molar-refractivity contribution in [3.05, 3.63) is 52.0 Å². The van der Waals surface area contributed by atoms with Crippen molar-refractivity contribution in [1.29, 1.82) is 0 Å². The molecule has 0 bridgehead atoms. The zero-order valence-electron chi connectivity index (χ0n) is 12.0. The molecule has 0 unspecified atom stereocenters. The molecule has 1 aromatic heterocycles. The first-order valence-corrected chi connectivity index (χ1v) is 7.63. The molecule has 0 radical (unpaired) electrons. The van der Waals surface area contributed by atoms with Gasteiger partial charge in [-0.15, -0.1) is 11.3 Å². The second kappa shape index (κ2) is 6.37. The van der Waals surface area contributed by atoms with Crippen molar-refractivity contribution in [2.75, 3.05) is 4.90 Å². The van der Waals surface area contributed by atoms with Gasteiger partial charge in [0.1, 0.15) is 5.82 Å². The second-order valence-electron chi connectivity index (χ2n) is 5.18. The van der Waals surface area contributed by atoms with Gasteiger partial charge in [-0.3, -0.25) is 0 Å². The molecule has 0 fully saturated rings. The van der Waals surface area contributed by atoms with E-state index in [-0.39, 0.29) is 11.9 Å². The highest BCUT2D eigenvalue weighted by atomic mass is 32.1. The van der Waals surface area contributed by atoms with Gasteiger partial charge in [0.05, 0.1) is 12.6 Å². The van der Waals surface area contributed by atoms with E-state index in [9.17, 15) is 9.50 Å². The zero-order valence-corrected chi connectivity index (χ0v) is 12.8. The molecule has 20 heavy (non-hydrogen) atoms. The maximum atomic E-state index is 13.4. The summed E-state index contributed by atoms with van der Waals surface area (Å²) in [6.07, 6.45) is -0.690. The lowest BCUT2D eigenvalue weighted by atomic mass is 10.1. The second-order valence-corrected chi connectivity index (χ2v) is 6.21. The summed E-state index contributed by atoms with van der Waals surface area (Å²) in [5.41, 5.74) is 1.53. The van der Waals surface area contributed by atoms with Gasteiger partial charge in [0, 0.05) is 22.2 Å². The van der Waals surface area contributed by atoms with Crippen molar-refractivity contribution in [3.8, 4) is 0 Å². The van der Waals surface area contributed by atoms with Crippen LogP contribution in [0.4, 0.5) is 10.1 Å². The molecule has 0 amide bonds. The van der Waals surface area contributed by atoms with Gasteiger partial charge in [0.15, 0.2) is 0 Å². The fraction of sp³-hybridized carbons (Fsp3) is 0.375. The van der Waals surface area contributed by atoms with Gasteiger partial charge >= 0.3 is 0 Å². The van der Waals surface area contributed by atoms with Gasteiger partial charge in [-0.2, -0.15) is 0 Å². The lowest BCUT2D eigenvalue weighted by Crippen LogP contribution is -2.31. The first-order valence-electron chi connectivity index (χ1n) is 6.75. The number of halogens is 1. The first-order chi connectivity index (χ1) is 9.49. The Morgan fingerprint density at radius 3 is 2.55 bits per heavy atom. The van der Waals surface area contributed by atoms with Crippen molar-refractivity contribution >= 4 is 17.0 Å². The predicted octanol–water partition coefficient (Wildman–Crippen LogP) is 4.36. The fourth-order valence-electron chi connectivity index (χ4n) is 2.24. The number of aliphatic hydroxyl groups excluding tert-OH is 1. The van der Waals surface area contributed by atoms with E-state index in [2.05, 4.69) is 24.8 Å². The smallest absolute Gasteiger partial charge is 0.123 e. The number of hydrogen-bond donors (Lipinski definition) is 1. The third-order valence-corrected chi connectivity index (χ3v) is 4.14. The number of thiophene rings is 1. The molecule has 2 aromatic rings. The normalized spacial score (nSPS) is 12.7. The standard InChI is InChI=1S/C16H20FNOS/c1-11(2)18(10-14-5-4-8-20-14)16-7-6-13(17)9-15(16)12(3)19/h4-9,11-12,19H,10H2,1-3H3/t12-/m0/s1. The van der Waals surface area contributed by atoms with Crippen LogP contribution in [0.2, 0.25) is 0 Å². The number of nitrogens with zero attached hydrogens (tertiary/aromatic N) is 1. The minimum absolute atomic E-state index is 0.264. The van der Waals surface area contributed by atoms with Crippen molar-refractivity contribution < 1.29 is 9.50 Å². The van der Waals surface area contributed by atoms with Gasteiger partial charge in [-0.1, -0.05) is 6.07 Å². The lowest BCUT2D eigenvalue weighted by molar-refractivity contribution is 0.199. The Hall–Kier alpha value is -1.39. The van der Waals surface area contributed by atoms with Gasteiger partial charge in [-0.05, 0) is 50.4 Å². The number of aliphatic hydroxyl groups is 1. The largest absolute Gasteiger partial charge is 0.389 e. The highest BCUT2D eigenvalue weighted by Gasteiger charge is 2.18.